The van der Waals surface area contributed by atoms with E-state index < -0.39 is 0 Å². The van der Waals surface area contributed by atoms with Gasteiger partial charge in [-0.1, -0.05) is 30.9 Å². The molecule has 2 aromatic heterocycles. The van der Waals surface area contributed by atoms with E-state index in [-0.39, 0.29) is 12.6 Å². The van der Waals surface area contributed by atoms with Crippen molar-refractivity contribution in [3.05, 3.63) is 77.9 Å². The van der Waals surface area contributed by atoms with Crippen LogP contribution in [-0.2, 0) is 11.2 Å². The predicted octanol–water partition coefficient (Wildman–Crippen LogP) is 4.66. The minimum absolute atomic E-state index is 0.194. The van der Waals surface area contributed by atoms with Crippen molar-refractivity contribution in [2.24, 2.45) is 0 Å². The van der Waals surface area contributed by atoms with Crippen molar-refractivity contribution in [3.8, 4) is 0 Å². The lowest BCUT2D eigenvalue weighted by atomic mass is 10.0. The van der Waals surface area contributed by atoms with Crippen LogP contribution in [0, 0.1) is 0 Å². The summed E-state index contributed by atoms with van der Waals surface area (Å²) in [6, 6.07) is 11.4. The number of carbonyl (C=O) groups excluding carboxylic acids is 1. The van der Waals surface area contributed by atoms with Crippen LogP contribution >= 0.6 is 0 Å². The summed E-state index contributed by atoms with van der Waals surface area (Å²) in [6.07, 6.45) is 6.80. The molecule has 0 unspecified atom stereocenters. The summed E-state index contributed by atoms with van der Waals surface area (Å²) in [5.74, 6) is 0.461. The van der Waals surface area contributed by atoms with E-state index in [1.807, 2.05) is 42.5 Å². The lowest BCUT2D eigenvalue weighted by molar-refractivity contribution is 0.0551. The van der Waals surface area contributed by atoms with Crippen LogP contribution in [0.15, 0.2) is 59.7 Å². The molecule has 25 heavy (non-hydrogen) atoms. The van der Waals surface area contributed by atoms with Crippen molar-refractivity contribution in [2.75, 3.05) is 6.61 Å². The maximum absolute atomic E-state index is 12.7. The first-order chi connectivity index (χ1) is 12.3. The number of hydrogen-bond donors (Lipinski definition) is 0. The summed E-state index contributed by atoms with van der Waals surface area (Å²) < 4.78 is 10.8. The van der Waals surface area contributed by atoms with Crippen molar-refractivity contribution in [2.45, 2.75) is 12.8 Å². The minimum atomic E-state index is -0.325. The normalized spacial score (nSPS) is 14.6. The number of carbonyl (C=O) groups is 1. The number of allylic oxidation sites excluding steroid dienone is 1. The maximum atomic E-state index is 12.7. The monoisotopic (exact) mass is 331 g/mol. The molecule has 0 amide bonds. The van der Waals surface area contributed by atoms with E-state index in [0.717, 1.165) is 46.3 Å². The van der Waals surface area contributed by atoms with Gasteiger partial charge in [0.25, 0.3) is 0 Å². The van der Waals surface area contributed by atoms with E-state index in [0.29, 0.717) is 5.56 Å². The second kappa shape index (κ2) is 6.40. The molecule has 0 saturated heterocycles. The summed E-state index contributed by atoms with van der Waals surface area (Å²) >= 11 is 0. The molecule has 1 aromatic carbocycles. The Morgan fingerprint density at radius 1 is 1.24 bits per heavy atom. The number of ether oxygens (including phenoxy) is 1. The number of benzene rings is 1. The summed E-state index contributed by atoms with van der Waals surface area (Å²) in [4.78, 5) is 17.5. The summed E-state index contributed by atoms with van der Waals surface area (Å²) in [5.41, 5.74) is 4.30. The molecule has 124 valence electrons. The number of furan rings is 1. The average Bonchev–Trinajstić information content (AvgIpc) is 3.28. The molecular formula is C21H17NO3. The molecule has 4 rings (SSSR count). The quantitative estimate of drug-likeness (QED) is 0.515. The second-order valence-corrected chi connectivity index (χ2v) is 5.90. The molecule has 0 saturated carbocycles. The Bertz CT molecular complexity index is 984. The first kappa shape index (κ1) is 15.4. The highest BCUT2D eigenvalue weighted by molar-refractivity contribution is 6.07. The van der Waals surface area contributed by atoms with E-state index in [2.05, 4.69) is 6.58 Å². The van der Waals surface area contributed by atoms with Crippen molar-refractivity contribution >= 4 is 28.5 Å². The Balaban J connectivity index is 1.90. The van der Waals surface area contributed by atoms with Gasteiger partial charge >= 0.3 is 5.97 Å². The highest BCUT2D eigenvalue weighted by Crippen LogP contribution is 2.37. The third-order valence-electron chi connectivity index (χ3n) is 4.34. The molecule has 0 fully saturated rings. The van der Waals surface area contributed by atoms with Crippen molar-refractivity contribution in [3.63, 3.8) is 0 Å². The van der Waals surface area contributed by atoms with Gasteiger partial charge in [0.2, 0.25) is 0 Å². The molecule has 4 nitrogen and oxygen atoms in total. The number of esters is 1. The Hall–Kier alpha value is -3.14. The highest BCUT2D eigenvalue weighted by atomic mass is 16.5. The topological polar surface area (TPSA) is 52.3 Å². The molecule has 0 bridgehead atoms. The molecule has 2 heterocycles. The van der Waals surface area contributed by atoms with Gasteiger partial charge in [-0.2, -0.15) is 0 Å². The van der Waals surface area contributed by atoms with Gasteiger partial charge in [-0.3, -0.25) is 0 Å². The highest BCUT2D eigenvalue weighted by Gasteiger charge is 2.27. The van der Waals surface area contributed by atoms with E-state index >= 15 is 0 Å². The molecule has 0 aliphatic heterocycles. The molecule has 4 heteroatoms. The van der Waals surface area contributed by atoms with Crippen LogP contribution in [-0.4, -0.2) is 17.6 Å². The van der Waals surface area contributed by atoms with Gasteiger partial charge in [0.15, 0.2) is 0 Å². The van der Waals surface area contributed by atoms with Crippen LogP contribution in [0.4, 0.5) is 0 Å². The number of fused-ring (bicyclic) bond motifs is 2. The SMILES string of the molecule is C=CCOC(=O)c1c2c(nc3ccccc13)C(=Cc1ccco1)CC2. The summed E-state index contributed by atoms with van der Waals surface area (Å²) in [6.45, 7) is 3.80. The Kier molecular flexibility index (Phi) is 3.94. The van der Waals surface area contributed by atoms with Crippen molar-refractivity contribution in [1.29, 1.82) is 0 Å². The number of hydrogen-bond acceptors (Lipinski definition) is 4. The molecule has 0 radical (unpaired) electrons. The van der Waals surface area contributed by atoms with Gasteiger partial charge in [0, 0.05) is 5.39 Å². The molecule has 1 aliphatic carbocycles. The summed E-state index contributed by atoms with van der Waals surface area (Å²) in [7, 11) is 0. The molecule has 0 N–H and O–H groups in total. The minimum Gasteiger partial charge on any atom is -0.465 e. The summed E-state index contributed by atoms with van der Waals surface area (Å²) in [5, 5.41) is 0.828. The first-order valence-corrected chi connectivity index (χ1v) is 8.22. The Morgan fingerprint density at radius 3 is 2.92 bits per heavy atom. The van der Waals surface area contributed by atoms with Gasteiger partial charge in [0.05, 0.1) is 23.0 Å². The average molecular weight is 331 g/mol. The van der Waals surface area contributed by atoms with Gasteiger partial charge in [-0.05, 0) is 48.3 Å². The zero-order valence-corrected chi connectivity index (χ0v) is 13.7. The Labute approximate surface area is 145 Å². The van der Waals surface area contributed by atoms with Crippen molar-refractivity contribution < 1.29 is 13.9 Å². The lowest BCUT2D eigenvalue weighted by Crippen LogP contribution is -2.10. The predicted molar refractivity (Wildman–Crippen MR) is 97.1 cm³/mol. The van der Waals surface area contributed by atoms with Crippen LogP contribution in [0.2, 0.25) is 0 Å². The maximum Gasteiger partial charge on any atom is 0.339 e. The van der Waals surface area contributed by atoms with Crippen LogP contribution in [0.1, 0.15) is 33.8 Å². The van der Waals surface area contributed by atoms with Crippen LogP contribution < -0.4 is 0 Å². The molecular weight excluding hydrogens is 314 g/mol. The van der Waals surface area contributed by atoms with E-state index in [1.54, 1.807) is 12.3 Å². The fourth-order valence-corrected chi connectivity index (χ4v) is 3.26. The number of aromatic nitrogens is 1. The number of pyridine rings is 1. The van der Waals surface area contributed by atoms with E-state index in [4.69, 9.17) is 14.1 Å². The van der Waals surface area contributed by atoms with Gasteiger partial charge in [0.1, 0.15) is 12.4 Å². The molecule has 1 aliphatic rings. The smallest absolute Gasteiger partial charge is 0.339 e. The number of rotatable bonds is 4. The first-order valence-electron chi connectivity index (χ1n) is 8.22. The third kappa shape index (κ3) is 2.76. The number of nitrogens with zero attached hydrogens (tertiary/aromatic N) is 1. The van der Waals surface area contributed by atoms with Crippen LogP contribution in [0.25, 0.3) is 22.6 Å². The zero-order valence-electron chi connectivity index (χ0n) is 13.7. The molecule has 0 spiro atoms. The van der Waals surface area contributed by atoms with Gasteiger partial charge in [-0.25, -0.2) is 9.78 Å². The van der Waals surface area contributed by atoms with Gasteiger partial charge in [-0.15, -0.1) is 0 Å². The van der Waals surface area contributed by atoms with Crippen LogP contribution in [0.5, 0.6) is 0 Å². The largest absolute Gasteiger partial charge is 0.465 e. The van der Waals surface area contributed by atoms with Crippen molar-refractivity contribution in [1.82, 2.24) is 4.98 Å². The van der Waals surface area contributed by atoms with E-state index in [9.17, 15) is 4.79 Å². The van der Waals surface area contributed by atoms with Crippen LogP contribution in [0.3, 0.4) is 0 Å². The molecule has 3 aromatic rings. The fraction of sp³-hybridized carbons (Fsp3) is 0.143. The zero-order chi connectivity index (χ0) is 17.2. The Morgan fingerprint density at radius 2 is 2.12 bits per heavy atom. The fourth-order valence-electron chi connectivity index (χ4n) is 3.26. The molecule has 0 atom stereocenters. The number of para-hydroxylation sites is 1. The van der Waals surface area contributed by atoms with Gasteiger partial charge < -0.3 is 9.15 Å². The van der Waals surface area contributed by atoms with E-state index in [1.165, 1.54) is 0 Å². The third-order valence-corrected chi connectivity index (χ3v) is 4.34. The standard InChI is InChI=1S/C21H17NO3/c1-2-11-25-21(23)19-16-7-3-4-8-18(16)22-20-14(9-10-17(19)20)13-15-6-5-12-24-15/h2-8,12-13H,1,9-11H2. The second-order valence-electron chi connectivity index (χ2n) is 5.90. The lowest BCUT2D eigenvalue weighted by Gasteiger charge is -2.11.